The molecule has 0 aliphatic carbocycles. The van der Waals surface area contributed by atoms with E-state index in [2.05, 4.69) is 35.8 Å². The van der Waals surface area contributed by atoms with Crippen LogP contribution in [0, 0.1) is 5.92 Å². The number of piperidine rings is 1. The van der Waals surface area contributed by atoms with Gasteiger partial charge >= 0.3 is 0 Å². The summed E-state index contributed by atoms with van der Waals surface area (Å²) in [5.41, 5.74) is 2.32. The minimum absolute atomic E-state index is 0.0479. The van der Waals surface area contributed by atoms with Gasteiger partial charge in [0.05, 0.1) is 0 Å². The van der Waals surface area contributed by atoms with Crippen molar-refractivity contribution in [2.45, 2.75) is 25.8 Å². The minimum Gasteiger partial charge on any atom is -0.483 e. The maximum Gasteiger partial charge on any atom is 0.258 e. The summed E-state index contributed by atoms with van der Waals surface area (Å²) in [6.07, 6.45) is 1.77. The van der Waals surface area contributed by atoms with Crippen molar-refractivity contribution in [1.82, 2.24) is 10.6 Å². The summed E-state index contributed by atoms with van der Waals surface area (Å²) in [6.45, 7) is 4.12. The predicted octanol–water partition coefficient (Wildman–Crippen LogP) is 2.77. The lowest BCUT2D eigenvalue weighted by molar-refractivity contribution is -0.124. The molecule has 1 aliphatic heterocycles. The first-order chi connectivity index (χ1) is 12.2. The number of benzene rings is 2. The van der Waals surface area contributed by atoms with Crippen LogP contribution < -0.4 is 15.4 Å². The molecule has 2 aromatic rings. The largest absolute Gasteiger partial charge is 0.483 e. The van der Waals surface area contributed by atoms with Crippen molar-refractivity contribution in [2.75, 3.05) is 19.7 Å². The molecule has 2 aromatic carbocycles. The molecule has 2 unspecified atom stereocenters. The number of nitrogens with one attached hydrogen (secondary N) is 2. The van der Waals surface area contributed by atoms with Gasteiger partial charge in [-0.15, -0.1) is 0 Å². The van der Waals surface area contributed by atoms with Crippen LogP contribution in [0.15, 0.2) is 54.6 Å². The Labute approximate surface area is 149 Å². The van der Waals surface area contributed by atoms with Crippen LogP contribution >= 0.6 is 0 Å². The number of amides is 1. The Morgan fingerprint density at radius 3 is 2.72 bits per heavy atom. The van der Waals surface area contributed by atoms with Crippen molar-refractivity contribution in [3.05, 3.63) is 65.7 Å². The van der Waals surface area contributed by atoms with E-state index < -0.39 is 0 Å². The molecule has 4 nitrogen and oxygen atoms in total. The number of hydrogen-bond donors (Lipinski definition) is 2. The van der Waals surface area contributed by atoms with E-state index in [1.54, 1.807) is 0 Å². The summed E-state index contributed by atoms with van der Waals surface area (Å²) in [5.74, 6) is 1.18. The minimum atomic E-state index is -0.0479. The van der Waals surface area contributed by atoms with Gasteiger partial charge in [-0.1, -0.05) is 55.5 Å². The second-order valence-electron chi connectivity index (χ2n) is 6.70. The van der Waals surface area contributed by atoms with E-state index in [0.29, 0.717) is 5.92 Å². The quantitative estimate of drug-likeness (QED) is 0.851. The molecular formula is C21H26N2O2. The van der Waals surface area contributed by atoms with Crippen molar-refractivity contribution < 1.29 is 9.53 Å². The summed E-state index contributed by atoms with van der Waals surface area (Å²) in [4.78, 5) is 12.2. The van der Waals surface area contributed by atoms with Gasteiger partial charge in [-0.3, -0.25) is 4.79 Å². The molecule has 4 heteroatoms. The summed E-state index contributed by atoms with van der Waals surface area (Å²) in [5, 5.41) is 6.45. The van der Waals surface area contributed by atoms with Crippen molar-refractivity contribution >= 4 is 5.91 Å². The average Bonchev–Trinajstić information content (AvgIpc) is 2.64. The van der Waals surface area contributed by atoms with Gasteiger partial charge in [-0.25, -0.2) is 0 Å². The fourth-order valence-electron chi connectivity index (χ4n) is 3.23. The highest BCUT2D eigenvalue weighted by Crippen LogP contribution is 2.21. The third kappa shape index (κ3) is 5.07. The van der Waals surface area contributed by atoms with Crippen molar-refractivity contribution in [2.24, 2.45) is 5.92 Å². The lowest BCUT2D eigenvalue weighted by Gasteiger charge is -2.30. The van der Waals surface area contributed by atoms with Crippen LogP contribution in [-0.4, -0.2) is 31.6 Å². The van der Waals surface area contributed by atoms with Crippen molar-refractivity contribution in [1.29, 1.82) is 0 Å². The van der Waals surface area contributed by atoms with Gasteiger partial charge in [-0.2, -0.15) is 0 Å². The first kappa shape index (κ1) is 17.5. The molecule has 1 aliphatic rings. The molecule has 0 radical (unpaired) electrons. The normalized spacial score (nSPS) is 20.0. The average molecular weight is 338 g/mol. The Morgan fingerprint density at radius 1 is 1.16 bits per heavy atom. The van der Waals surface area contributed by atoms with Gasteiger partial charge in [0.25, 0.3) is 5.91 Å². The fourth-order valence-corrected chi connectivity index (χ4v) is 3.23. The van der Waals surface area contributed by atoms with Crippen LogP contribution in [0.3, 0.4) is 0 Å². The lowest BCUT2D eigenvalue weighted by atomic mass is 9.95. The zero-order valence-corrected chi connectivity index (χ0v) is 14.7. The third-order valence-electron chi connectivity index (χ3n) is 4.70. The highest BCUT2D eigenvalue weighted by molar-refractivity contribution is 5.78. The van der Waals surface area contributed by atoms with Gasteiger partial charge < -0.3 is 15.4 Å². The zero-order valence-electron chi connectivity index (χ0n) is 14.7. The molecule has 0 saturated carbocycles. The summed E-state index contributed by atoms with van der Waals surface area (Å²) in [7, 11) is 0. The van der Waals surface area contributed by atoms with E-state index in [1.807, 2.05) is 36.4 Å². The van der Waals surface area contributed by atoms with Crippen LogP contribution in [0.1, 0.15) is 24.5 Å². The van der Waals surface area contributed by atoms with Gasteiger partial charge in [-0.05, 0) is 42.6 Å². The van der Waals surface area contributed by atoms with E-state index >= 15 is 0 Å². The van der Waals surface area contributed by atoms with Crippen LogP contribution in [0.5, 0.6) is 5.75 Å². The highest BCUT2D eigenvalue weighted by atomic mass is 16.5. The van der Waals surface area contributed by atoms with Crippen molar-refractivity contribution in [3.63, 3.8) is 0 Å². The Hall–Kier alpha value is -2.33. The Kier molecular flexibility index (Phi) is 6.07. The molecule has 1 heterocycles. The Morgan fingerprint density at radius 2 is 1.92 bits per heavy atom. The molecular weight excluding hydrogens is 312 g/mol. The van der Waals surface area contributed by atoms with Crippen LogP contribution in [0.25, 0.3) is 0 Å². The molecule has 25 heavy (non-hydrogen) atoms. The summed E-state index contributed by atoms with van der Waals surface area (Å²) in [6, 6.07) is 18.4. The molecule has 2 atom stereocenters. The van der Waals surface area contributed by atoms with Crippen molar-refractivity contribution in [3.8, 4) is 5.75 Å². The Bertz CT molecular complexity index is 687. The number of hydrogen-bond acceptors (Lipinski definition) is 3. The van der Waals surface area contributed by atoms with Gasteiger partial charge in [0, 0.05) is 12.5 Å². The predicted molar refractivity (Wildman–Crippen MR) is 99.8 cm³/mol. The zero-order chi connectivity index (χ0) is 17.5. The number of carbonyl (C=O) groups excluding carboxylic acids is 1. The maximum atomic E-state index is 12.2. The molecule has 3 rings (SSSR count). The molecule has 132 valence electrons. The Balaban J connectivity index is 1.56. The number of ether oxygens (including phenoxy) is 1. The van der Waals surface area contributed by atoms with E-state index in [1.165, 1.54) is 5.56 Å². The first-order valence-corrected chi connectivity index (χ1v) is 8.97. The molecule has 1 saturated heterocycles. The number of rotatable bonds is 6. The third-order valence-corrected chi connectivity index (χ3v) is 4.70. The summed E-state index contributed by atoms with van der Waals surface area (Å²) >= 11 is 0. The van der Waals surface area contributed by atoms with Crippen LogP contribution in [0.4, 0.5) is 0 Å². The molecule has 0 spiro atoms. The molecule has 0 bridgehead atoms. The molecule has 1 amide bonds. The van der Waals surface area contributed by atoms with E-state index in [-0.39, 0.29) is 18.6 Å². The number of carbonyl (C=O) groups is 1. The lowest BCUT2D eigenvalue weighted by Crippen LogP contribution is -2.49. The monoisotopic (exact) mass is 338 g/mol. The van der Waals surface area contributed by atoms with E-state index in [9.17, 15) is 4.79 Å². The second kappa shape index (κ2) is 8.67. The number of para-hydroxylation sites is 1. The van der Waals surface area contributed by atoms with Gasteiger partial charge in [0.2, 0.25) is 0 Å². The fraction of sp³-hybridized carbons (Fsp3) is 0.381. The topological polar surface area (TPSA) is 50.4 Å². The van der Waals surface area contributed by atoms with Gasteiger partial charge in [0.15, 0.2) is 6.61 Å². The first-order valence-electron chi connectivity index (χ1n) is 8.97. The van der Waals surface area contributed by atoms with E-state index in [4.69, 9.17) is 4.74 Å². The maximum absolute atomic E-state index is 12.2. The van der Waals surface area contributed by atoms with Crippen LogP contribution in [0.2, 0.25) is 0 Å². The molecule has 1 fully saturated rings. The standard InChI is InChI=1S/C21H26N2O2/c1-16-14-22-12-11-19(16)23-21(24)15-25-20-10-6-5-9-18(20)13-17-7-3-2-4-8-17/h2-10,16,19,22H,11-15H2,1H3,(H,23,24). The smallest absolute Gasteiger partial charge is 0.258 e. The molecule has 0 aromatic heterocycles. The molecule has 2 N–H and O–H groups in total. The second-order valence-corrected chi connectivity index (χ2v) is 6.70. The van der Waals surface area contributed by atoms with E-state index in [0.717, 1.165) is 37.2 Å². The SMILES string of the molecule is CC1CNCCC1NC(=O)COc1ccccc1Cc1ccccc1. The van der Waals surface area contributed by atoms with Crippen LogP contribution in [-0.2, 0) is 11.2 Å². The summed E-state index contributed by atoms with van der Waals surface area (Å²) < 4.78 is 5.82. The highest BCUT2D eigenvalue weighted by Gasteiger charge is 2.22. The van der Waals surface area contributed by atoms with Gasteiger partial charge in [0.1, 0.15) is 5.75 Å².